The lowest BCUT2D eigenvalue weighted by Crippen LogP contribution is -2.47. The quantitative estimate of drug-likeness (QED) is 0.470. The van der Waals surface area contributed by atoms with Crippen molar-refractivity contribution in [3.8, 4) is 0 Å². The van der Waals surface area contributed by atoms with E-state index in [2.05, 4.69) is 39.5 Å². The summed E-state index contributed by atoms with van der Waals surface area (Å²) in [5.74, 6) is -0.544. The number of piperidine rings is 1. The van der Waals surface area contributed by atoms with Gasteiger partial charge in [-0.1, -0.05) is 54.1 Å². The maximum atomic E-state index is 13.4. The summed E-state index contributed by atoms with van der Waals surface area (Å²) in [4.78, 5) is 21.0. The number of benzene rings is 2. The Morgan fingerprint density at radius 1 is 1.11 bits per heavy atom. The van der Waals surface area contributed by atoms with E-state index in [1.165, 1.54) is 17.8 Å². The number of anilines is 1. The maximum absolute atomic E-state index is 13.4. The average molecular weight is 491 g/mol. The molecule has 5 rings (SSSR count). The highest BCUT2D eigenvalue weighted by Crippen LogP contribution is 2.46. The van der Waals surface area contributed by atoms with Gasteiger partial charge in [0.25, 0.3) is 0 Å². The van der Waals surface area contributed by atoms with Gasteiger partial charge in [0.1, 0.15) is 0 Å². The Kier molecular flexibility index (Phi) is 6.84. The van der Waals surface area contributed by atoms with E-state index in [9.17, 15) is 9.18 Å². The summed E-state index contributed by atoms with van der Waals surface area (Å²) in [7, 11) is 0. The van der Waals surface area contributed by atoms with Crippen LogP contribution in [0.1, 0.15) is 29.5 Å². The molecule has 0 bridgehead atoms. The molecule has 2 aliphatic rings. The van der Waals surface area contributed by atoms with Gasteiger partial charge in [0, 0.05) is 42.0 Å². The van der Waals surface area contributed by atoms with Gasteiger partial charge in [-0.25, -0.2) is 9.78 Å². The van der Waals surface area contributed by atoms with E-state index in [-0.39, 0.29) is 18.0 Å². The molecule has 180 valence electrons. The van der Waals surface area contributed by atoms with Crippen LogP contribution in [0.3, 0.4) is 0 Å². The third-order valence-corrected chi connectivity index (χ3v) is 7.32. The first kappa shape index (κ1) is 23.5. The average Bonchev–Trinajstić information content (AvgIpc) is 3.19. The number of likely N-dealkylation sites (tertiary alicyclic amines) is 1. The lowest BCUT2D eigenvalue weighted by Gasteiger charge is -2.39. The number of carbonyl (C=O) groups excluding carboxylic acids is 1. The largest absolute Gasteiger partial charge is 0.334 e. The van der Waals surface area contributed by atoms with Crippen molar-refractivity contribution in [1.29, 1.82) is 0 Å². The monoisotopic (exact) mass is 490 g/mol. The van der Waals surface area contributed by atoms with Crippen molar-refractivity contribution in [2.75, 3.05) is 31.1 Å². The summed E-state index contributed by atoms with van der Waals surface area (Å²) in [6.07, 6.45) is 7.74. The zero-order valence-corrected chi connectivity index (χ0v) is 20.2. The fourth-order valence-electron chi connectivity index (χ4n) is 5.14. The molecule has 0 radical (unpaired) electrons. The predicted molar refractivity (Wildman–Crippen MR) is 138 cm³/mol. The van der Waals surface area contributed by atoms with Crippen LogP contribution in [0.5, 0.6) is 0 Å². The van der Waals surface area contributed by atoms with Crippen LogP contribution in [0.2, 0.25) is 5.02 Å². The van der Waals surface area contributed by atoms with Gasteiger partial charge in [0.2, 0.25) is 5.95 Å². The molecule has 2 aromatic carbocycles. The SMILES string of the molecule is O=C(NCc1ccnc(F)c1)N1CC2(CCN(C/C=C/c3ccc(Cl)cc3)CC2)c2ccccc21. The number of amides is 2. The molecule has 1 aromatic heterocycles. The molecule has 35 heavy (non-hydrogen) atoms. The summed E-state index contributed by atoms with van der Waals surface area (Å²) >= 11 is 5.97. The van der Waals surface area contributed by atoms with Gasteiger partial charge >= 0.3 is 6.03 Å². The number of urea groups is 1. The van der Waals surface area contributed by atoms with Crippen LogP contribution in [0.4, 0.5) is 14.9 Å². The fourth-order valence-corrected chi connectivity index (χ4v) is 5.27. The smallest absolute Gasteiger partial charge is 0.322 e. The lowest BCUT2D eigenvalue weighted by molar-refractivity contribution is 0.180. The van der Waals surface area contributed by atoms with Gasteiger partial charge in [-0.3, -0.25) is 9.80 Å². The molecule has 0 saturated carbocycles. The lowest BCUT2D eigenvalue weighted by atomic mass is 9.74. The van der Waals surface area contributed by atoms with Gasteiger partial charge < -0.3 is 5.32 Å². The number of carbonyl (C=O) groups is 1. The predicted octanol–water partition coefficient (Wildman–Crippen LogP) is 5.65. The Morgan fingerprint density at radius 2 is 1.89 bits per heavy atom. The van der Waals surface area contributed by atoms with Crippen LogP contribution in [-0.4, -0.2) is 42.1 Å². The third kappa shape index (κ3) is 5.24. The molecule has 5 nitrogen and oxygen atoms in total. The molecule has 1 saturated heterocycles. The Balaban J connectivity index is 1.22. The number of pyridine rings is 1. The van der Waals surface area contributed by atoms with Crippen molar-refractivity contribution in [3.05, 3.63) is 101 Å². The van der Waals surface area contributed by atoms with Crippen molar-refractivity contribution in [1.82, 2.24) is 15.2 Å². The molecule has 1 N–H and O–H groups in total. The van der Waals surface area contributed by atoms with Gasteiger partial charge in [0.05, 0.1) is 0 Å². The molecule has 2 aliphatic heterocycles. The molecular formula is C28H28ClFN4O. The molecular weight excluding hydrogens is 463 g/mol. The van der Waals surface area contributed by atoms with Crippen molar-refractivity contribution < 1.29 is 9.18 Å². The topological polar surface area (TPSA) is 48.5 Å². The molecule has 0 aliphatic carbocycles. The summed E-state index contributed by atoms with van der Waals surface area (Å²) in [5.41, 5.74) is 4.02. The van der Waals surface area contributed by atoms with Gasteiger partial charge in [0.15, 0.2) is 0 Å². The van der Waals surface area contributed by atoms with Crippen molar-refractivity contribution >= 4 is 29.4 Å². The first-order valence-corrected chi connectivity index (χ1v) is 12.3. The first-order valence-electron chi connectivity index (χ1n) is 11.9. The van der Waals surface area contributed by atoms with Crippen molar-refractivity contribution in [2.45, 2.75) is 24.8 Å². The minimum absolute atomic E-state index is 0.0346. The number of nitrogens with one attached hydrogen (secondary N) is 1. The second-order valence-electron chi connectivity index (χ2n) is 9.28. The summed E-state index contributed by atoms with van der Waals surface area (Å²) in [6, 6.07) is 19.0. The molecule has 7 heteroatoms. The van der Waals surface area contributed by atoms with Crippen LogP contribution in [0.25, 0.3) is 6.08 Å². The second kappa shape index (κ2) is 10.2. The van der Waals surface area contributed by atoms with Crippen molar-refractivity contribution in [2.24, 2.45) is 0 Å². The van der Waals surface area contributed by atoms with Gasteiger partial charge in [-0.2, -0.15) is 4.39 Å². The van der Waals surface area contributed by atoms with Crippen LogP contribution in [0, 0.1) is 5.95 Å². The zero-order chi connectivity index (χ0) is 24.3. The number of aromatic nitrogens is 1. The number of para-hydroxylation sites is 1. The molecule has 3 aromatic rings. The highest BCUT2D eigenvalue weighted by Gasteiger charge is 2.46. The number of hydrogen-bond donors (Lipinski definition) is 1. The van der Waals surface area contributed by atoms with E-state index in [4.69, 9.17) is 11.6 Å². The molecule has 0 unspecified atom stereocenters. The number of fused-ring (bicyclic) bond motifs is 2. The number of halogens is 2. The third-order valence-electron chi connectivity index (χ3n) is 7.06. The molecule has 2 amide bonds. The highest BCUT2D eigenvalue weighted by atomic mass is 35.5. The summed E-state index contributed by atoms with van der Waals surface area (Å²) in [6.45, 7) is 3.78. The second-order valence-corrected chi connectivity index (χ2v) is 9.72. The normalized spacial score (nSPS) is 17.1. The number of hydrogen-bond acceptors (Lipinski definition) is 3. The number of nitrogens with zero attached hydrogens (tertiary/aromatic N) is 3. The maximum Gasteiger partial charge on any atom is 0.322 e. The Morgan fingerprint density at radius 3 is 2.66 bits per heavy atom. The molecule has 1 fully saturated rings. The van der Waals surface area contributed by atoms with Crippen LogP contribution in [0.15, 0.2) is 72.9 Å². The molecule has 0 atom stereocenters. The summed E-state index contributed by atoms with van der Waals surface area (Å²) < 4.78 is 13.4. The number of rotatable bonds is 5. The van der Waals surface area contributed by atoms with E-state index in [1.807, 2.05) is 41.3 Å². The van der Waals surface area contributed by atoms with E-state index >= 15 is 0 Å². The molecule has 3 heterocycles. The summed E-state index contributed by atoms with van der Waals surface area (Å²) in [5, 5.41) is 3.70. The van der Waals surface area contributed by atoms with E-state index < -0.39 is 5.95 Å². The van der Waals surface area contributed by atoms with E-state index in [1.54, 1.807) is 6.07 Å². The van der Waals surface area contributed by atoms with E-state index in [0.717, 1.165) is 48.7 Å². The Hall–Kier alpha value is -3.22. The van der Waals surface area contributed by atoms with Gasteiger partial charge in [-0.15, -0.1) is 0 Å². The minimum Gasteiger partial charge on any atom is -0.334 e. The first-order chi connectivity index (χ1) is 17.0. The van der Waals surface area contributed by atoms with Crippen molar-refractivity contribution in [3.63, 3.8) is 0 Å². The fraction of sp³-hybridized carbons (Fsp3) is 0.286. The molecule has 1 spiro atoms. The minimum atomic E-state index is -0.544. The van der Waals surface area contributed by atoms with Crippen LogP contribution < -0.4 is 10.2 Å². The Bertz CT molecular complexity index is 1220. The Labute approximate surface area is 210 Å². The zero-order valence-electron chi connectivity index (χ0n) is 19.5. The van der Waals surface area contributed by atoms with E-state index in [0.29, 0.717) is 12.1 Å². The highest BCUT2D eigenvalue weighted by molar-refractivity contribution is 6.30. The van der Waals surface area contributed by atoms with Crippen LogP contribution >= 0.6 is 11.6 Å². The van der Waals surface area contributed by atoms with Gasteiger partial charge in [-0.05, 0) is 73.0 Å². The van der Waals surface area contributed by atoms with Crippen LogP contribution in [-0.2, 0) is 12.0 Å². The standard InChI is InChI=1S/C28H28ClFN4O/c29-23-9-7-21(8-10-23)4-3-15-33-16-12-28(13-17-33)20-34(25-6-2-1-5-24(25)28)27(35)32-19-22-11-14-31-26(30)18-22/h1-11,14,18H,12-13,15-17,19-20H2,(H,32,35)/b4-3+.